The zero-order valence-corrected chi connectivity index (χ0v) is 21.4. The Morgan fingerprint density at radius 1 is 1.03 bits per heavy atom. The van der Waals surface area contributed by atoms with E-state index >= 15 is 0 Å². The average Bonchev–Trinajstić information content (AvgIpc) is 3.43. The number of piperidine rings is 1. The zero-order chi connectivity index (χ0) is 25.4. The Labute approximate surface area is 215 Å². The molecule has 2 aliphatic rings. The van der Waals surface area contributed by atoms with Crippen molar-refractivity contribution in [1.29, 1.82) is 0 Å². The molecule has 2 fully saturated rings. The lowest BCUT2D eigenvalue weighted by Gasteiger charge is -2.33. The minimum Gasteiger partial charge on any atom is -0.330 e. The summed E-state index contributed by atoms with van der Waals surface area (Å²) in [5.74, 6) is 0.143. The number of halogens is 2. The first-order valence-corrected chi connectivity index (χ1v) is 12.8. The van der Waals surface area contributed by atoms with Gasteiger partial charge in [-0.05, 0) is 79.9 Å². The predicted molar refractivity (Wildman–Crippen MR) is 139 cm³/mol. The first-order valence-electron chi connectivity index (χ1n) is 12.4. The molecule has 7 nitrogen and oxygen atoms in total. The van der Waals surface area contributed by atoms with Gasteiger partial charge in [0.15, 0.2) is 0 Å². The van der Waals surface area contributed by atoms with E-state index in [0.717, 1.165) is 49.1 Å². The highest BCUT2D eigenvalue weighted by Crippen LogP contribution is 2.37. The number of imide groups is 1. The van der Waals surface area contributed by atoms with Crippen LogP contribution in [0.2, 0.25) is 5.02 Å². The summed E-state index contributed by atoms with van der Waals surface area (Å²) >= 11 is 6.36. The van der Waals surface area contributed by atoms with E-state index in [0.29, 0.717) is 30.6 Å². The molecule has 1 aromatic heterocycles. The molecule has 5 rings (SSSR count). The topological polar surface area (TPSA) is 52.0 Å². The lowest BCUT2D eigenvalue weighted by molar-refractivity contribution is 0.162. The number of likely N-dealkylation sites (tertiary alicyclic amines) is 1. The number of benzene rings is 2. The number of urea groups is 2. The van der Waals surface area contributed by atoms with Gasteiger partial charge in [0.1, 0.15) is 5.82 Å². The third-order valence-corrected chi connectivity index (χ3v) is 7.56. The van der Waals surface area contributed by atoms with Crippen molar-refractivity contribution in [2.24, 2.45) is 0 Å². The highest BCUT2D eigenvalue weighted by molar-refractivity contribution is 6.31. The van der Waals surface area contributed by atoms with Crippen LogP contribution in [-0.2, 0) is 0 Å². The van der Waals surface area contributed by atoms with E-state index in [9.17, 15) is 14.0 Å². The average molecular weight is 512 g/mol. The Morgan fingerprint density at radius 2 is 1.75 bits per heavy atom. The van der Waals surface area contributed by atoms with Gasteiger partial charge in [-0.2, -0.15) is 0 Å². The minimum absolute atomic E-state index is 0.200. The molecule has 0 aliphatic carbocycles. The van der Waals surface area contributed by atoms with Crippen LogP contribution in [0, 0.1) is 5.82 Å². The quantitative estimate of drug-likeness (QED) is 0.483. The largest absolute Gasteiger partial charge is 0.330 e. The smallest absolute Gasteiger partial charge is 0.328 e. The second-order valence-electron chi connectivity index (χ2n) is 9.81. The van der Waals surface area contributed by atoms with Crippen LogP contribution in [0.5, 0.6) is 0 Å². The minimum atomic E-state index is -0.261. The lowest BCUT2D eigenvalue weighted by Crippen LogP contribution is -2.44. The number of rotatable bonds is 5. The fraction of sp³-hybridized carbons (Fsp3) is 0.407. The van der Waals surface area contributed by atoms with Crippen LogP contribution in [0.15, 0.2) is 48.7 Å². The molecule has 0 N–H and O–H groups in total. The zero-order valence-electron chi connectivity index (χ0n) is 20.7. The summed E-state index contributed by atoms with van der Waals surface area (Å²) in [6.45, 7) is 4.33. The Hall–Kier alpha value is -3.10. The van der Waals surface area contributed by atoms with Crippen LogP contribution in [0.1, 0.15) is 24.3 Å². The van der Waals surface area contributed by atoms with Gasteiger partial charge in [0, 0.05) is 62.6 Å². The summed E-state index contributed by atoms with van der Waals surface area (Å²) in [5, 5.41) is 1.84. The summed E-state index contributed by atoms with van der Waals surface area (Å²) in [6.07, 6.45) is 4.19. The van der Waals surface area contributed by atoms with Crippen LogP contribution in [-0.4, -0.2) is 89.6 Å². The van der Waals surface area contributed by atoms with E-state index in [1.54, 1.807) is 31.1 Å². The van der Waals surface area contributed by atoms with Crippen LogP contribution in [0.4, 0.5) is 14.0 Å². The van der Waals surface area contributed by atoms with Gasteiger partial charge < -0.3 is 19.3 Å². The first kappa shape index (κ1) is 24.6. The molecule has 0 saturated carbocycles. The van der Waals surface area contributed by atoms with Crippen molar-refractivity contribution in [3.8, 4) is 5.69 Å². The number of amides is 4. The van der Waals surface area contributed by atoms with E-state index in [1.165, 1.54) is 27.5 Å². The molecule has 3 aromatic rings. The number of aromatic nitrogens is 1. The number of hydrogen-bond acceptors (Lipinski definition) is 3. The molecule has 2 aliphatic heterocycles. The normalized spacial score (nSPS) is 17.4. The third-order valence-electron chi connectivity index (χ3n) is 7.32. The number of carbonyl (C=O) groups is 2. The maximum absolute atomic E-state index is 13.5. The molecule has 0 radical (unpaired) electrons. The molecule has 0 spiro atoms. The molecule has 36 heavy (non-hydrogen) atoms. The molecule has 190 valence electrons. The summed E-state index contributed by atoms with van der Waals surface area (Å²) in [5.41, 5.74) is 3.25. The molecule has 2 saturated heterocycles. The van der Waals surface area contributed by atoms with Crippen molar-refractivity contribution in [3.05, 3.63) is 65.1 Å². The van der Waals surface area contributed by atoms with Crippen molar-refractivity contribution >= 4 is 34.6 Å². The Bertz CT molecular complexity index is 1270. The van der Waals surface area contributed by atoms with Gasteiger partial charge in [0.05, 0.1) is 5.52 Å². The molecule has 0 bridgehead atoms. The van der Waals surface area contributed by atoms with Crippen molar-refractivity contribution in [3.63, 3.8) is 0 Å². The highest BCUT2D eigenvalue weighted by atomic mass is 35.5. The van der Waals surface area contributed by atoms with Crippen molar-refractivity contribution < 1.29 is 14.0 Å². The fourth-order valence-corrected chi connectivity index (χ4v) is 5.48. The van der Waals surface area contributed by atoms with Gasteiger partial charge >= 0.3 is 12.1 Å². The Balaban J connectivity index is 1.24. The highest BCUT2D eigenvalue weighted by Gasteiger charge is 2.34. The Morgan fingerprint density at radius 3 is 2.44 bits per heavy atom. The maximum Gasteiger partial charge on any atom is 0.328 e. The third kappa shape index (κ3) is 4.80. The van der Waals surface area contributed by atoms with Crippen molar-refractivity contribution in [2.75, 3.05) is 53.4 Å². The van der Waals surface area contributed by atoms with Gasteiger partial charge in [-0.15, -0.1) is 0 Å². The Kier molecular flexibility index (Phi) is 6.90. The second-order valence-corrected chi connectivity index (χ2v) is 10.2. The molecule has 0 unspecified atom stereocenters. The van der Waals surface area contributed by atoms with Gasteiger partial charge in [-0.25, -0.2) is 18.9 Å². The fourth-order valence-electron chi connectivity index (χ4n) is 5.31. The van der Waals surface area contributed by atoms with E-state index in [-0.39, 0.29) is 17.9 Å². The summed E-state index contributed by atoms with van der Waals surface area (Å²) < 4.78 is 15.6. The predicted octanol–water partition coefficient (Wildman–Crippen LogP) is 5.02. The maximum atomic E-state index is 13.5. The summed E-state index contributed by atoms with van der Waals surface area (Å²) in [7, 11) is 3.32. The SMILES string of the molecule is CN(C)C(=O)N1CCN(CCN2CCC(c3cn(-c4ccc(F)cc4)c4ccc(Cl)cc34)CC2)C1=O. The molecule has 2 aromatic carbocycles. The van der Waals surface area contributed by atoms with E-state index < -0.39 is 0 Å². The number of hydrogen-bond donors (Lipinski definition) is 0. The summed E-state index contributed by atoms with van der Waals surface area (Å²) in [4.78, 5) is 31.7. The molecular weight excluding hydrogens is 481 g/mol. The standard InChI is InChI=1S/C27H31ClFN5O2/c1-30(2)26(35)33-16-15-32(27(33)36)14-13-31-11-9-19(10-12-31)24-18-34(22-6-4-21(29)5-7-22)25-8-3-20(28)17-23(24)25/h3-8,17-19H,9-16H2,1-2H3. The van der Waals surface area contributed by atoms with Crippen LogP contribution in [0.25, 0.3) is 16.6 Å². The van der Waals surface area contributed by atoms with Gasteiger partial charge in [-0.1, -0.05) is 11.6 Å². The second kappa shape index (κ2) is 10.1. The van der Waals surface area contributed by atoms with Gasteiger partial charge in [-0.3, -0.25) is 0 Å². The summed E-state index contributed by atoms with van der Waals surface area (Å²) in [6, 6.07) is 12.0. The first-order chi connectivity index (χ1) is 17.3. The number of fused-ring (bicyclic) bond motifs is 1. The van der Waals surface area contributed by atoms with E-state index in [1.807, 2.05) is 18.2 Å². The van der Waals surface area contributed by atoms with Gasteiger partial charge in [0.2, 0.25) is 0 Å². The number of carbonyl (C=O) groups excluding carboxylic acids is 2. The molecule has 4 amide bonds. The van der Waals surface area contributed by atoms with E-state index in [4.69, 9.17) is 11.6 Å². The molecule has 3 heterocycles. The van der Waals surface area contributed by atoms with E-state index in [2.05, 4.69) is 15.7 Å². The van der Waals surface area contributed by atoms with Crippen LogP contribution < -0.4 is 0 Å². The van der Waals surface area contributed by atoms with Crippen molar-refractivity contribution in [1.82, 2.24) is 24.2 Å². The molecule has 9 heteroatoms. The van der Waals surface area contributed by atoms with Crippen LogP contribution in [0.3, 0.4) is 0 Å². The lowest BCUT2D eigenvalue weighted by atomic mass is 9.89. The van der Waals surface area contributed by atoms with Crippen LogP contribution >= 0.6 is 11.6 Å². The molecule has 0 atom stereocenters. The number of nitrogens with zero attached hydrogens (tertiary/aromatic N) is 5. The monoisotopic (exact) mass is 511 g/mol. The van der Waals surface area contributed by atoms with Gasteiger partial charge in [0.25, 0.3) is 0 Å². The molecular formula is C27H31ClFN5O2. The van der Waals surface area contributed by atoms with Crippen molar-refractivity contribution in [2.45, 2.75) is 18.8 Å².